The van der Waals surface area contributed by atoms with Gasteiger partial charge in [0.05, 0.1) is 0 Å². The highest BCUT2D eigenvalue weighted by Gasteiger charge is 2.22. The Morgan fingerprint density at radius 2 is 1.92 bits per heavy atom. The van der Waals surface area contributed by atoms with Gasteiger partial charge in [-0.1, -0.05) is 11.6 Å². The molecule has 0 aliphatic heterocycles. The van der Waals surface area contributed by atoms with Crippen LogP contribution < -0.4 is 0 Å². The Morgan fingerprint density at radius 1 is 1.31 bits per heavy atom. The first-order valence-electron chi connectivity index (χ1n) is 3.43. The number of hydrogen-bond donors (Lipinski definition) is 1. The molecule has 0 aliphatic rings. The van der Waals surface area contributed by atoms with Crippen LogP contribution in [0.4, 0.5) is 13.2 Å². The maximum absolute atomic E-state index is 12.8. The van der Waals surface area contributed by atoms with Gasteiger partial charge in [0.25, 0.3) is 6.43 Å². The third-order valence-corrected chi connectivity index (χ3v) is 1.75. The molecule has 13 heavy (non-hydrogen) atoms. The van der Waals surface area contributed by atoms with Gasteiger partial charge in [0.2, 0.25) is 0 Å². The number of benzene rings is 1. The van der Waals surface area contributed by atoms with E-state index in [-0.39, 0.29) is 5.02 Å². The van der Waals surface area contributed by atoms with Crippen molar-refractivity contribution in [2.24, 2.45) is 0 Å². The third kappa shape index (κ3) is 2.35. The molecule has 0 fully saturated rings. The van der Waals surface area contributed by atoms with Crippen LogP contribution in [-0.2, 0) is 0 Å². The summed E-state index contributed by atoms with van der Waals surface area (Å²) in [4.78, 5) is 0. The predicted octanol–water partition coefficient (Wildman–Crippen LogP) is 2.78. The maximum Gasteiger partial charge on any atom is 0.268 e. The van der Waals surface area contributed by atoms with Gasteiger partial charge in [-0.05, 0) is 18.2 Å². The lowest BCUT2D eigenvalue weighted by molar-refractivity contribution is -0.00770. The molecule has 1 aromatic carbocycles. The van der Waals surface area contributed by atoms with E-state index in [4.69, 9.17) is 16.7 Å². The van der Waals surface area contributed by atoms with Crippen molar-refractivity contribution in [2.75, 3.05) is 0 Å². The number of rotatable bonds is 2. The van der Waals surface area contributed by atoms with Gasteiger partial charge < -0.3 is 5.11 Å². The van der Waals surface area contributed by atoms with Crippen LogP contribution >= 0.6 is 11.6 Å². The topological polar surface area (TPSA) is 20.2 Å². The fraction of sp³-hybridized carbons (Fsp3) is 0.250. The molecule has 1 unspecified atom stereocenters. The van der Waals surface area contributed by atoms with E-state index in [1.807, 2.05) is 0 Å². The smallest absolute Gasteiger partial charge is 0.268 e. The number of hydrogen-bond acceptors (Lipinski definition) is 1. The Balaban J connectivity index is 3.05. The summed E-state index contributed by atoms with van der Waals surface area (Å²) < 4.78 is 36.8. The van der Waals surface area contributed by atoms with Gasteiger partial charge in [-0.25, -0.2) is 13.2 Å². The fourth-order valence-electron chi connectivity index (χ4n) is 0.877. The lowest BCUT2D eigenvalue weighted by Gasteiger charge is -2.10. The summed E-state index contributed by atoms with van der Waals surface area (Å²) in [5, 5.41) is 8.96. The molecule has 1 rings (SSSR count). The van der Waals surface area contributed by atoms with Crippen LogP contribution in [-0.4, -0.2) is 11.5 Å². The van der Waals surface area contributed by atoms with E-state index in [1.165, 1.54) is 6.07 Å². The molecule has 0 amide bonds. The van der Waals surface area contributed by atoms with E-state index in [9.17, 15) is 13.2 Å². The fourth-order valence-corrected chi connectivity index (χ4v) is 1.06. The SMILES string of the molecule is OC(c1cc(Cl)ccc1F)C(F)F. The molecule has 1 aromatic rings. The van der Waals surface area contributed by atoms with Crippen molar-refractivity contribution in [3.63, 3.8) is 0 Å². The summed E-state index contributed by atoms with van der Waals surface area (Å²) in [7, 11) is 0. The van der Waals surface area contributed by atoms with Crippen LogP contribution in [0.25, 0.3) is 0 Å². The summed E-state index contributed by atoms with van der Waals surface area (Å²) in [5.41, 5.74) is -0.484. The third-order valence-electron chi connectivity index (χ3n) is 1.52. The molecule has 1 N–H and O–H groups in total. The second-order valence-corrected chi connectivity index (χ2v) is 2.88. The highest BCUT2D eigenvalue weighted by molar-refractivity contribution is 6.30. The zero-order valence-electron chi connectivity index (χ0n) is 6.35. The average Bonchev–Trinajstić information content (AvgIpc) is 2.08. The second kappa shape index (κ2) is 3.98. The molecule has 0 aromatic heterocycles. The summed E-state index contributed by atoms with van der Waals surface area (Å²) in [6.45, 7) is 0. The highest BCUT2D eigenvalue weighted by atomic mass is 35.5. The van der Waals surface area contributed by atoms with Crippen LogP contribution in [0.15, 0.2) is 18.2 Å². The maximum atomic E-state index is 12.8. The summed E-state index contributed by atoms with van der Waals surface area (Å²) in [6.07, 6.45) is -5.15. The molecule has 5 heteroatoms. The Kier molecular flexibility index (Phi) is 3.17. The minimum Gasteiger partial charge on any atom is -0.382 e. The molecule has 0 spiro atoms. The number of aliphatic hydroxyl groups is 1. The van der Waals surface area contributed by atoms with Crippen molar-refractivity contribution in [3.05, 3.63) is 34.6 Å². The zero-order valence-corrected chi connectivity index (χ0v) is 7.10. The number of aliphatic hydroxyl groups excluding tert-OH is 1. The van der Waals surface area contributed by atoms with Crippen molar-refractivity contribution in [2.45, 2.75) is 12.5 Å². The summed E-state index contributed by atoms with van der Waals surface area (Å²) in [6, 6.07) is 3.13. The van der Waals surface area contributed by atoms with Crippen molar-refractivity contribution in [3.8, 4) is 0 Å². The Hall–Kier alpha value is -0.740. The van der Waals surface area contributed by atoms with Gasteiger partial charge in [-0.15, -0.1) is 0 Å². The Bertz CT molecular complexity index is 303. The van der Waals surface area contributed by atoms with E-state index in [2.05, 4.69) is 0 Å². The molecular weight excluding hydrogens is 205 g/mol. The summed E-state index contributed by atoms with van der Waals surface area (Å²) in [5.74, 6) is -0.891. The molecule has 0 aliphatic carbocycles. The average molecular weight is 211 g/mol. The van der Waals surface area contributed by atoms with Crippen molar-refractivity contribution < 1.29 is 18.3 Å². The van der Waals surface area contributed by atoms with Gasteiger partial charge in [0.15, 0.2) is 0 Å². The van der Waals surface area contributed by atoms with E-state index >= 15 is 0 Å². The zero-order chi connectivity index (χ0) is 10.0. The van der Waals surface area contributed by atoms with Crippen molar-refractivity contribution in [1.82, 2.24) is 0 Å². The predicted molar refractivity (Wildman–Crippen MR) is 42.4 cm³/mol. The first kappa shape index (κ1) is 10.3. The monoisotopic (exact) mass is 210 g/mol. The van der Waals surface area contributed by atoms with E-state index in [1.54, 1.807) is 0 Å². The molecule has 0 heterocycles. The lowest BCUT2D eigenvalue weighted by Crippen LogP contribution is -2.09. The van der Waals surface area contributed by atoms with Crippen LogP contribution in [0.1, 0.15) is 11.7 Å². The molecule has 1 nitrogen and oxygen atoms in total. The minimum absolute atomic E-state index is 0.108. The van der Waals surface area contributed by atoms with Gasteiger partial charge >= 0.3 is 0 Å². The van der Waals surface area contributed by atoms with Crippen LogP contribution in [0.3, 0.4) is 0 Å². The van der Waals surface area contributed by atoms with Crippen LogP contribution in [0.5, 0.6) is 0 Å². The van der Waals surface area contributed by atoms with Gasteiger partial charge in [-0.2, -0.15) is 0 Å². The molecule has 1 atom stereocenters. The molecular formula is C8H6ClF3O. The normalized spacial score (nSPS) is 13.4. The molecule has 0 saturated carbocycles. The molecule has 0 saturated heterocycles. The van der Waals surface area contributed by atoms with E-state index < -0.39 is 23.9 Å². The lowest BCUT2D eigenvalue weighted by atomic mass is 10.1. The molecule has 0 bridgehead atoms. The van der Waals surface area contributed by atoms with E-state index in [0.29, 0.717) is 0 Å². The van der Waals surface area contributed by atoms with Crippen LogP contribution in [0.2, 0.25) is 5.02 Å². The van der Waals surface area contributed by atoms with Gasteiger partial charge in [0.1, 0.15) is 11.9 Å². The molecule has 72 valence electrons. The van der Waals surface area contributed by atoms with Crippen LogP contribution in [0, 0.1) is 5.82 Å². The van der Waals surface area contributed by atoms with E-state index in [0.717, 1.165) is 12.1 Å². The highest BCUT2D eigenvalue weighted by Crippen LogP contribution is 2.25. The number of alkyl halides is 2. The summed E-state index contributed by atoms with van der Waals surface area (Å²) >= 11 is 5.44. The Labute approximate surface area is 77.8 Å². The van der Waals surface area contributed by atoms with Gasteiger partial charge in [-0.3, -0.25) is 0 Å². The van der Waals surface area contributed by atoms with Crippen molar-refractivity contribution >= 4 is 11.6 Å². The first-order valence-corrected chi connectivity index (χ1v) is 3.81. The number of halogens is 4. The molecule has 0 radical (unpaired) electrons. The Morgan fingerprint density at radius 3 is 2.46 bits per heavy atom. The standard InChI is InChI=1S/C8H6ClF3O/c9-4-1-2-6(10)5(3-4)7(13)8(11)12/h1-3,7-8,13H. The largest absolute Gasteiger partial charge is 0.382 e. The second-order valence-electron chi connectivity index (χ2n) is 2.45. The minimum atomic E-state index is -3.02. The first-order chi connectivity index (χ1) is 6.02. The quantitative estimate of drug-likeness (QED) is 0.796. The van der Waals surface area contributed by atoms with Crippen molar-refractivity contribution in [1.29, 1.82) is 0 Å². The van der Waals surface area contributed by atoms with Gasteiger partial charge in [0, 0.05) is 10.6 Å².